The first-order valence-electron chi connectivity index (χ1n) is 11.0. The lowest BCUT2D eigenvalue weighted by atomic mass is 10.1. The standard InChI is InChI=1S/C27H25ClN4O3/c1-15-10-16(2)12-21(11-15)29-25(33)24-14-19-13-20(28)8-9-23(19)32(24)31-27(35)26(34)30-22-7-5-6-17(3)18(22)4/h5-14H,1-4H3,(H,29,33)(H,30,34)(H,31,35). The van der Waals surface area contributed by atoms with Gasteiger partial charge in [-0.3, -0.25) is 19.8 Å². The van der Waals surface area contributed by atoms with E-state index >= 15 is 0 Å². The van der Waals surface area contributed by atoms with Gasteiger partial charge >= 0.3 is 11.8 Å². The van der Waals surface area contributed by atoms with E-state index in [1.807, 2.05) is 52.0 Å². The molecule has 0 spiro atoms. The monoisotopic (exact) mass is 488 g/mol. The van der Waals surface area contributed by atoms with Gasteiger partial charge in [0.1, 0.15) is 5.69 Å². The molecular weight excluding hydrogens is 464 g/mol. The molecule has 0 unspecified atom stereocenters. The summed E-state index contributed by atoms with van der Waals surface area (Å²) in [4.78, 5) is 38.7. The van der Waals surface area contributed by atoms with Crippen LogP contribution in [0.2, 0.25) is 5.02 Å². The number of aryl methyl sites for hydroxylation is 3. The summed E-state index contributed by atoms with van der Waals surface area (Å²) in [5, 5.41) is 6.62. The van der Waals surface area contributed by atoms with E-state index in [9.17, 15) is 14.4 Å². The number of hydrogen-bond acceptors (Lipinski definition) is 3. The van der Waals surface area contributed by atoms with Crippen molar-refractivity contribution in [3.05, 3.63) is 93.6 Å². The normalized spacial score (nSPS) is 10.8. The lowest BCUT2D eigenvalue weighted by Crippen LogP contribution is -2.36. The van der Waals surface area contributed by atoms with Crippen molar-refractivity contribution >= 4 is 51.6 Å². The molecule has 0 saturated heterocycles. The molecule has 0 aliphatic rings. The molecule has 0 aliphatic carbocycles. The minimum Gasteiger partial charge on any atom is -0.321 e. The van der Waals surface area contributed by atoms with Crippen molar-refractivity contribution in [2.75, 3.05) is 16.1 Å². The molecule has 8 heteroatoms. The Kier molecular flexibility index (Phi) is 6.62. The number of amides is 3. The molecule has 35 heavy (non-hydrogen) atoms. The molecular formula is C27H25ClN4O3. The fourth-order valence-electron chi connectivity index (χ4n) is 3.93. The van der Waals surface area contributed by atoms with Gasteiger partial charge in [-0.05, 0) is 92.4 Å². The Balaban J connectivity index is 1.64. The number of carbonyl (C=O) groups is 3. The number of nitrogens with one attached hydrogen (secondary N) is 3. The van der Waals surface area contributed by atoms with Crippen LogP contribution in [0.5, 0.6) is 0 Å². The van der Waals surface area contributed by atoms with E-state index in [4.69, 9.17) is 11.6 Å². The van der Waals surface area contributed by atoms with Crippen molar-refractivity contribution in [1.29, 1.82) is 0 Å². The SMILES string of the molecule is Cc1cc(C)cc(NC(=O)c2cc3cc(Cl)ccc3n2NC(=O)C(=O)Nc2cccc(C)c2C)c1. The summed E-state index contributed by atoms with van der Waals surface area (Å²) in [6, 6.07) is 17.8. The zero-order chi connectivity index (χ0) is 25.3. The van der Waals surface area contributed by atoms with Gasteiger partial charge in [0.15, 0.2) is 0 Å². The zero-order valence-electron chi connectivity index (χ0n) is 19.8. The van der Waals surface area contributed by atoms with Gasteiger partial charge in [-0.25, -0.2) is 4.68 Å². The van der Waals surface area contributed by atoms with Gasteiger partial charge in [0, 0.05) is 21.8 Å². The van der Waals surface area contributed by atoms with Crippen molar-refractivity contribution in [2.24, 2.45) is 0 Å². The van der Waals surface area contributed by atoms with E-state index in [0.29, 0.717) is 27.3 Å². The molecule has 0 fully saturated rings. The highest BCUT2D eigenvalue weighted by molar-refractivity contribution is 6.42. The van der Waals surface area contributed by atoms with Gasteiger partial charge in [0.05, 0.1) is 5.52 Å². The molecule has 0 aliphatic heterocycles. The highest BCUT2D eigenvalue weighted by Crippen LogP contribution is 2.24. The molecule has 0 atom stereocenters. The second kappa shape index (κ2) is 9.64. The van der Waals surface area contributed by atoms with Gasteiger partial charge in [-0.15, -0.1) is 0 Å². The highest BCUT2D eigenvalue weighted by atomic mass is 35.5. The largest absolute Gasteiger partial charge is 0.328 e. The fourth-order valence-corrected chi connectivity index (χ4v) is 4.11. The summed E-state index contributed by atoms with van der Waals surface area (Å²) in [6.07, 6.45) is 0. The van der Waals surface area contributed by atoms with Crippen LogP contribution in [0.1, 0.15) is 32.7 Å². The number of halogens is 1. The first-order chi connectivity index (χ1) is 16.6. The average Bonchev–Trinajstić information content (AvgIpc) is 3.13. The Hall–Kier alpha value is -4.10. The molecule has 3 N–H and O–H groups in total. The molecule has 4 aromatic rings. The van der Waals surface area contributed by atoms with Gasteiger partial charge in [0.2, 0.25) is 0 Å². The van der Waals surface area contributed by atoms with Crippen LogP contribution in [0.3, 0.4) is 0 Å². The Morgan fingerprint density at radius 3 is 2.23 bits per heavy atom. The van der Waals surface area contributed by atoms with Gasteiger partial charge in [-0.1, -0.05) is 29.8 Å². The highest BCUT2D eigenvalue weighted by Gasteiger charge is 2.22. The van der Waals surface area contributed by atoms with E-state index in [2.05, 4.69) is 16.1 Å². The average molecular weight is 489 g/mol. The van der Waals surface area contributed by atoms with Gasteiger partial charge in [0.25, 0.3) is 5.91 Å². The van der Waals surface area contributed by atoms with Gasteiger partial charge in [-0.2, -0.15) is 0 Å². The molecule has 4 rings (SSSR count). The van der Waals surface area contributed by atoms with Crippen LogP contribution in [0.4, 0.5) is 11.4 Å². The smallest absolute Gasteiger partial charge is 0.321 e. The molecule has 7 nitrogen and oxygen atoms in total. The van der Waals surface area contributed by atoms with Crippen molar-refractivity contribution in [3.63, 3.8) is 0 Å². The number of nitrogens with zero attached hydrogens (tertiary/aromatic N) is 1. The third-order valence-corrected chi connectivity index (χ3v) is 5.98. The maximum atomic E-state index is 13.2. The Morgan fingerprint density at radius 2 is 1.51 bits per heavy atom. The van der Waals surface area contributed by atoms with E-state index in [0.717, 1.165) is 22.3 Å². The van der Waals surface area contributed by atoms with Crippen molar-refractivity contribution in [3.8, 4) is 0 Å². The van der Waals surface area contributed by atoms with E-state index in [1.54, 1.807) is 36.4 Å². The lowest BCUT2D eigenvalue weighted by molar-refractivity contribution is -0.133. The first kappa shape index (κ1) is 24.0. The molecule has 178 valence electrons. The Morgan fingerprint density at radius 1 is 0.800 bits per heavy atom. The predicted octanol–water partition coefficient (Wildman–Crippen LogP) is 5.49. The van der Waals surface area contributed by atoms with Crippen LogP contribution in [0.15, 0.2) is 60.7 Å². The van der Waals surface area contributed by atoms with Crippen LogP contribution < -0.4 is 16.1 Å². The minimum absolute atomic E-state index is 0.148. The molecule has 0 radical (unpaired) electrons. The number of aromatic nitrogens is 1. The molecule has 0 saturated carbocycles. The molecule has 3 aromatic carbocycles. The van der Waals surface area contributed by atoms with Crippen LogP contribution in [0.25, 0.3) is 10.9 Å². The van der Waals surface area contributed by atoms with Crippen LogP contribution >= 0.6 is 11.6 Å². The first-order valence-corrected chi connectivity index (χ1v) is 11.4. The maximum absolute atomic E-state index is 13.2. The lowest BCUT2D eigenvalue weighted by Gasteiger charge is -2.14. The second-order valence-electron chi connectivity index (χ2n) is 8.54. The maximum Gasteiger partial charge on any atom is 0.328 e. The predicted molar refractivity (Wildman–Crippen MR) is 140 cm³/mol. The summed E-state index contributed by atoms with van der Waals surface area (Å²) >= 11 is 6.14. The zero-order valence-corrected chi connectivity index (χ0v) is 20.6. The molecule has 0 bridgehead atoms. The van der Waals surface area contributed by atoms with Crippen molar-refractivity contribution < 1.29 is 14.4 Å². The third kappa shape index (κ3) is 5.20. The fraction of sp³-hybridized carbons (Fsp3) is 0.148. The number of anilines is 2. The van der Waals surface area contributed by atoms with Crippen molar-refractivity contribution in [2.45, 2.75) is 27.7 Å². The number of hydrogen-bond donors (Lipinski definition) is 3. The van der Waals surface area contributed by atoms with E-state index in [-0.39, 0.29) is 5.69 Å². The number of carbonyl (C=O) groups excluding carboxylic acids is 3. The minimum atomic E-state index is -0.918. The summed E-state index contributed by atoms with van der Waals surface area (Å²) < 4.78 is 1.30. The van der Waals surface area contributed by atoms with Gasteiger partial charge < -0.3 is 10.6 Å². The van der Waals surface area contributed by atoms with Crippen LogP contribution in [-0.2, 0) is 9.59 Å². The second-order valence-corrected chi connectivity index (χ2v) is 8.98. The Bertz CT molecular complexity index is 1470. The number of benzene rings is 3. The van der Waals surface area contributed by atoms with E-state index in [1.165, 1.54) is 4.68 Å². The molecule has 3 amide bonds. The summed E-state index contributed by atoms with van der Waals surface area (Å²) in [6.45, 7) is 7.66. The topological polar surface area (TPSA) is 92.2 Å². The summed E-state index contributed by atoms with van der Waals surface area (Å²) in [5.41, 5.74) is 8.26. The number of rotatable bonds is 4. The quantitative estimate of drug-likeness (QED) is 0.332. The number of fused-ring (bicyclic) bond motifs is 1. The Labute approximate surface area is 208 Å². The van der Waals surface area contributed by atoms with Crippen LogP contribution in [0, 0.1) is 27.7 Å². The molecule has 1 heterocycles. The van der Waals surface area contributed by atoms with Crippen molar-refractivity contribution in [1.82, 2.24) is 4.68 Å². The summed E-state index contributed by atoms with van der Waals surface area (Å²) in [5.74, 6) is -2.22. The third-order valence-electron chi connectivity index (χ3n) is 5.75. The van der Waals surface area contributed by atoms with E-state index < -0.39 is 17.7 Å². The summed E-state index contributed by atoms with van der Waals surface area (Å²) in [7, 11) is 0. The van der Waals surface area contributed by atoms with Crippen LogP contribution in [-0.4, -0.2) is 22.4 Å². The molecule has 1 aromatic heterocycles.